The molecule has 0 radical (unpaired) electrons. The fourth-order valence-electron chi connectivity index (χ4n) is 3.80. The van der Waals surface area contributed by atoms with Gasteiger partial charge in [0, 0.05) is 36.3 Å². The number of anilines is 1. The van der Waals surface area contributed by atoms with Crippen LogP contribution in [0.4, 0.5) is 5.95 Å². The molecule has 0 spiro atoms. The van der Waals surface area contributed by atoms with Gasteiger partial charge in [0.15, 0.2) is 0 Å². The number of nitrogens with one attached hydrogen (secondary N) is 1. The Balaban J connectivity index is 1.75. The molecule has 6 nitrogen and oxygen atoms in total. The van der Waals surface area contributed by atoms with Gasteiger partial charge in [0.25, 0.3) is 5.56 Å². The van der Waals surface area contributed by atoms with E-state index in [1.807, 2.05) is 13.8 Å². The van der Waals surface area contributed by atoms with E-state index < -0.39 is 0 Å². The maximum Gasteiger partial charge on any atom is 0.252 e. The minimum Gasteiger partial charge on any atom is -0.351 e. The number of aromatic nitrogens is 3. The zero-order valence-corrected chi connectivity index (χ0v) is 15.7. The zero-order chi connectivity index (χ0) is 18.0. The molecule has 1 saturated carbocycles. The van der Waals surface area contributed by atoms with Crippen LogP contribution in [-0.2, 0) is 0 Å². The largest absolute Gasteiger partial charge is 0.351 e. The number of hydrogen-bond acceptors (Lipinski definition) is 5. The van der Waals surface area contributed by atoms with Crippen LogP contribution in [0.5, 0.6) is 0 Å². The molecule has 0 aliphatic heterocycles. The van der Waals surface area contributed by atoms with Crippen molar-refractivity contribution in [2.24, 2.45) is 5.92 Å². The second-order valence-electron chi connectivity index (χ2n) is 7.73. The number of fused-ring (bicyclic) bond motifs is 1. The molecule has 1 aliphatic carbocycles. The van der Waals surface area contributed by atoms with Crippen molar-refractivity contribution >= 4 is 17.0 Å². The number of hydrogen-bond donors (Lipinski definition) is 1. The Morgan fingerprint density at radius 2 is 1.96 bits per heavy atom. The van der Waals surface area contributed by atoms with E-state index in [1.54, 1.807) is 22.9 Å². The van der Waals surface area contributed by atoms with Crippen LogP contribution in [0.3, 0.4) is 0 Å². The van der Waals surface area contributed by atoms with Gasteiger partial charge in [-0.3, -0.25) is 9.36 Å². The summed E-state index contributed by atoms with van der Waals surface area (Å²) in [5.74, 6) is 1.42. The van der Waals surface area contributed by atoms with Gasteiger partial charge in [-0.25, -0.2) is 4.98 Å². The summed E-state index contributed by atoms with van der Waals surface area (Å²) >= 11 is 0. The highest BCUT2D eigenvalue weighted by molar-refractivity contribution is 5.75. The van der Waals surface area contributed by atoms with Crippen molar-refractivity contribution in [3.05, 3.63) is 28.7 Å². The molecule has 2 aromatic rings. The van der Waals surface area contributed by atoms with Gasteiger partial charge in [-0.1, -0.05) is 0 Å². The maximum atomic E-state index is 12.2. The minimum atomic E-state index is -0.0173. The van der Waals surface area contributed by atoms with Gasteiger partial charge in [-0.15, -0.1) is 0 Å². The first-order valence-corrected chi connectivity index (χ1v) is 9.23. The van der Waals surface area contributed by atoms with Crippen LogP contribution in [0.2, 0.25) is 0 Å². The normalized spacial score (nSPS) is 21.2. The molecule has 0 saturated heterocycles. The Kier molecular flexibility index (Phi) is 5.37. The van der Waals surface area contributed by atoms with Crippen molar-refractivity contribution in [3.8, 4) is 0 Å². The summed E-state index contributed by atoms with van der Waals surface area (Å²) in [6.07, 6.45) is 6.57. The first-order chi connectivity index (χ1) is 11.9. The van der Waals surface area contributed by atoms with Crippen LogP contribution in [-0.4, -0.2) is 46.1 Å². The third kappa shape index (κ3) is 4.18. The molecule has 0 bridgehead atoms. The summed E-state index contributed by atoms with van der Waals surface area (Å²) in [5.41, 5.74) is 0.692. The quantitative estimate of drug-likeness (QED) is 0.904. The lowest BCUT2D eigenvalue weighted by Gasteiger charge is -2.30. The second kappa shape index (κ2) is 7.52. The highest BCUT2D eigenvalue weighted by Crippen LogP contribution is 2.26. The maximum absolute atomic E-state index is 12.2. The van der Waals surface area contributed by atoms with Crippen LogP contribution < -0.4 is 10.9 Å². The Hall–Kier alpha value is -1.95. The number of nitrogens with zero attached hydrogens (tertiary/aromatic N) is 4. The summed E-state index contributed by atoms with van der Waals surface area (Å²) < 4.78 is 1.73. The van der Waals surface area contributed by atoms with Crippen LogP contribution in [0, 0.1) is 5.92 Å². The predicted octanol–water partition coefficient (Wildman–Crippen LogP) is 2.90. The summed E-state index contributed by atoms with van der Waals surface area (Å²) in [6.45, 7) is 5.17. The molecule has 1 fully saturated rings. The van der Waals surface area contributed by atoms with Crippen molar-refractivity contribution in [3.63, 3.8) is 0 Å². The fraction of sp³-hybridized carbons (Fsp3) is 0.632. The standard InChI is InChI=1S/C19H29N5O/c1-13(2)24-17(25)10-7-15-11-20-19(22-18(15)24)21-16-8-5-14(6-9-16)12-23(3)4/h7,10-11,13-14,16H,5-6,8-9,12H2,1-4H3,(H,20,21,22). The monoisotopic (exact) mass is 343 g/mol. The first kappa shape index (κ1) is 17.9. The van der Waals surface area contributed by atoms with Crippen molar-refractivity contribution in [1.82, 2.24) is 19.4 Å². The molecule has 136 valence electrons. The third-order valence-electron chi connectivity index (χ3n) is 4.99. The smallest absolute Gasteiger partial charge is 0.252 e. The van der Waals surface area contributed by atoms with E-state index in [0.29, 0.717) is 17.6 Å². The fourth-order valence-corrected chi connectivity index (χ4v) is 3.80. The number of pyridine rings is 1. The van der Waals surface area contributed by atoms with E-state index in [2.05, 4.69) is 34.3 Å². The number of rotatable bonds is 5. The van der Waals surface area contributed by atoms with E-state index in [9.17, 15) is 4.79 Å². The average molecular weight is 343 g/mol. The average Bonchev–Trinajstić information content (AvgIpc) is 2.55. The molecule has 1 N–H and O–H groups in total. The van der Waals surface area contributed by atoms with Gasteiger partial charge in [0.05, 0.1) is 0 Å². The van der Waals surface area contributed by atoms with E-state index in [1.165, 1.54) is 19.4 Å². The summed E-state index contributed by atoms with van der Waals surface area (Å²) in [7, 11) is 4.28. The molecule has 0 aromatic carbocycles. The first-order valence-electron chi connectivity index (χ1n) is 9.23. The lowest BCUT2D eigenvalue weighted by Crippen LogP contribution is -2.31. The summed E-state index contributed by atoms with van der Waals surface area (Å²) in [6, 6.07) is 3.87. The molecule has 0 atom stereocenters. The van der Waals surface area contributed by atoms with Crippen LogP contribution in [0.15, 0.2) is 23.1 Å². The molecular formula is C19H29N5O. The molecule has 3 rings (SSSR count). The van der Waals surface area contributed by atoms with Gasteiger partial charge in [0.2, 0.25) is 5.95 Å². The van der Waals surface area contributed by atoms with Gasteiger partial charge in [-0.05, 0) is 65.6 Å². The van der Waals surface area contributed by atoms with Crippen LogP contribution >= 0.6 is 0 Å². The zero-order valence-electron chi connectivity index (χ0n) is 15.7. The molecule has 0 amide bonds. The lowest BCUT2D eigenvalue weighted by atomic mass is 9.86. The summed E-state index contributed by atoms with van der Waals surface area (Å²) in [5, 5.41) is 4.38. The Morgan fingerprint density at radius 3 is 2.60 bits per heavy atom. The Labute approximate surface area is 149 Å². The van der Waals surface area contributed by atoms with Gasteiger partial charge < -0.3 is 10.2 Å². The van der Waals surface area contributed by atoms with E-state index in [-0.39, 0.29) is 11.6 Å². The molecule has 25 heavy (non-hydrogen) atoms. The van der Waals surface area contributed by atoms with Crippen LogP contribution in [0.25, 0.3) is 11.0 Å². The van der Waals surface area contributed by atoms with Gasteiger partial charge in [0.1, 0.15) is 5.65 Å². The van der Waals surface area contributed by atoms with Gasteiger partial charge in [-0.2, -0.15) is 4.98 Å². The highest BCUT2D eigenvalue weighted by atomic mass is 16.1. The van der Waals surface area contributed by atoms with Crippen molar-refractivity contribution in [2.45, 2.75) is 51.6 Å². The van der Waals surface area contributed by atoms with E-state index in [4.69, 9.17) is 0 Å². The lowest BCUT2D eigenvalue weighted by molar-refractivity contribution is 0.255. The molecule has 6 heteroatoms. The molecule has 2 aromatic heterocycles. The summed E-state index contributed by atoms with van der Waals surface area (Å²) in [4.78, 5) is 23.6. The topological polar surface area (TPSA) is 63.1 Å². The molecule has 1 aliphatic rings. The van der Waals surface area contributed by atoms with E-state index >= 15 is 0 Å². The highest BCUT2D eigenvalue weighted by Gasteiger charge is 2.22. The van der Waals surface area contributed by atoms with Crippen LogP contribution in [0.1, 0.15) is 45.6 Å². The predicted molar refractivity (Wildman–Crippen MR) is 102 cm³/mol. The van der Waals surface area contributed by atoms with Crippen molar-refractivity contribution < 1.29 is 0 Å². The van der Waals surface area contributed by atoms with E-state index in [0.717, 1.165) is 24.1 Å². The Morgan fingerprint density at radius 1 is 1.24 bits per heavy atom. The van der Waals surface area contributed by atoms with Crippen molar-refractivity contribution in [2.75, 3.05) is 26.0 Å². The Bertz CT molecular complexity index is 775. The molecule has 2 heterocycles. The second-order valence-corrected chi connectivity index (χ2v) is 7.73. The minimum absolute atomic E-state index is 0.0173. The molecule has 0 unspecified atom stereocenters. The van der Waals surface area contributed by atoms with Crippen molar-refractivity contribution in [1.29, 1.82) is 0 Å². The third-order valence-corrected chi connectivity index (χ3v) is 4.99. The SMILES string of the molecule is CC(C)n1c(=O)ccc2cnc(NC3CCC(CN(C)C)CC3)nc21. The van der Waals surface area contributed by atoms with Gasteiger partial charge >= 0.3 is 0 Å². The molecular weight excluding hydrogens is 314 g/mol.